The molecule has 1 aliphatic heterocycles. The Balaban J connectivity index is 1.80. The Hall–Kier alpha value is -2.44. The van der Waals surface area contributed by atoms with Gasteiger partial charge in [0.05, 0.1) is 35.3 Å². The summed E-state index contributed by atoms with van der Waals surface area (Å²) >= 11 is 0. The number of hydrogen-bond acceptors (Lipinski definition) is 6. The van der Waals surface area contributed by atoms with Crippen LogP contribution in [0.15, 0.2) is 30.3 Å². The SMILES string of the molecule is CCOc1cc2nc3ccc(C4OC(C)O4)cc3nc2cc1OCC. The molecule has 3 aromatic rings. The van der Waals surface area contributed by atoms with Gasteiger partial charge < -0.3 is 18.9 Å². The lowest BCUT2D eigenvalue weighted by atomic mass is 10.1. The lowest BCUT2D eigenvalue weighted by Gasteiger charge is -2.33. The average molecular weight is 340 g/mol. The van der Waals surface area contributed by atoms with Crippen LogP contribution >= 0.6 is 0 Å². The van der Waals surface area contributed by atoms with Crippen LogP contribution in [-0.4, -0.2) is 29.5 Å². The van der Waals surface area contributed by atoms with Crippen LogP contribution in [-0.2, 0) is 9.47 Å². The quantitative estimate of drug-likeness (QED) is 0.655. The first kappa shape index (κ1) is 16.1. The van der Waals surface area contributed by atoms with Gasteiger partial charge in [0.15, 0.2) is 24.1 Å². The monoisotopic (exact) mass is 340 g/mol. The number of aromatic nitrogens is 2. The van der Waals surface area contributed by atoms with Crippen molar-refractivity contribution in [2.45, 2.75) is 33.4 Å². The predicted molar refractivity (Wildman–Crippen MR) is 93.8 cm³/mol. The van der Waals surface area contributed by atoms with E-state index in [1.54, 1.807) is 0 Å². The topological polar surface area (TPSA) is 62.7 Å². The molecule has 0 radical (unpaired) electrons. The Labute approximate surface area is 145 Å². The second-order valence-electron chi connectivity index (χ2n) is 5.80. The fraction of sp³-hybridized carbons (Fsp3) is 0.368. The summed E-state index contributed by atoms with van der Waals surface area (Å²) < 4.78 is 22.4. The molecule has 25 heavy (non-hydrogen) atoms. The molecule has 6 heteroatoms. The molecule has 0 bridgehead atoms. The van der Waals surface area contributed by atoms with Gasteiger partial charge in [-0.15, -0.1) is 0 Å². The van der Waals surface area contributed by atoms with Gasteiger partial charge in [-0.05, 0) is 32.9 Å². The summed E-state index contributed by atoms with van der Waals surface area (Å²) in [6, 6.07) is 9.60. The van der Waals surface area contributed by atoms with Gasteiger partial charge in [0, 0.05) is 17.7 Å². The zero-order valence-corrected chi connectivity index (χ0v) is 14.5. The van der Waals surface area contributed by atoms with Crippen LogP contribution in [0.4, 0.5) is 0 Å². The van der Waals surface area contributed by atoms with Crippen molar-refractivity contribution < 1.29 is 18.9 Å². The van der Waals surface area contributed by atoms with Crippen LogP contribution in [0, 0.1) is 0 Å². The first-order valence-corrected chi connectivity index (χ1v) is 8.50. The second kappa shape index (κ2) is 6.46. The highest BCUT2D eigenvalue weighted by Gasteiger charge is 2.28. The van der Waals surface area contributed by atoms with Gasteiger partial charge in [-0.2, -0.15) is 0 Å². The number of ether oxygens (including phenoxy) is 4. The lowest BCUT2D eigenvalue weighted by molar-refractivity contribution is -0.382. The third-order valence-electron chi connectivity index (χ3n) is 4.02. The molecule has 0 N–H and O–H groups in total. The molecule has 0 unspecified atom stereocenters. The molecule has 0 amide bonds. The normalized spacial score (nSPS) is 19.8. The average Bonchev–Trinajstić information content (AvgIpc) is 2.58. The zero-order valence-electron chi connectivity index (χ0n) is 14.5. The molecule has 130 valence electrons. The minimum Gasteiger partial charge on any atom is -0.490 e. The molecule has 1 saturated heterocycles. The largest absolute Gasteiger partial charge is 0.490 e. The molecule has 1 aliphatic rings. The van der Waals surface area contributed by atoms with Gasteiger partial charge in [-0.1, -0.05) is 6.07 Å². The first-order chi connectivity index (χ1) is 12.2. The van der Waals surface area contributed by atoms with Crippen LogP contribution in [0.5, 0.6) is 11.5 Å². The van der Waals surface area contributed by atoms with E-state index in [9.17, 15) is 0 Å². The summed E-state index contributed by atoms with van der Waals surface area (Å²) in [7, 11) is 0. The molecule has 2 heterocycles. The van der Waals surface area contributed by atoms with Crippen molar-refractivity contribution in [1.82, 2.24) is 9.97 Å². The van der Waals surface area contributed by atoms with Gasteiger partial charge in [-0.3, -0.25) is 0 Å². The second-order valence-corrected chi connectivity index (χ2v) is 5.80. The van der Waals surface area contributed by atoms with E-state index in [0.717, 1.165) is 27.6 Å². The van der Waals surface area contributed by atoms with Crippen molar-refractivity contribution in [2.75, 3.05) is 13.2 Å². The maximum absolute atomic E-state index is 5.68. The number of nitrogens with zero attached hydrogens (tertiary/aromatic N) is 2. The number of benzene rings is 2. The third-order valence-corrected chi connectivity index (χ3v) is 4.02. The molecule has 0 spiro atoms. The molecule has 6 nitrogen and oxygen atoms in total. The number of hydrogen-bond donors (Lipinski definition) is 0. The highest BCUT2D eigenvalue weighted by Crippen LogP contribution is 2.34. The summed E-state index contributed by atoms with van der Waals surface area (Å²) in [5, 5.41) is 0. The summed E-state index contributed by atoms with van der Waals surface area (Å²) in [6.07, 6.45) is -0.481. The molecule has 0 aliphatic carbocycles. The van der Waals surface area contributed by atoms with Gasteiger partial charge in [0.1, 0.15) is 0 Å². The molecular weight excluding hydrogens is 320 g/mol. The van der Waals surface area contributed by atoms with Crippen molar-refractivity contribution in [3.63, 3.8) is 0 Å². The molecule has 0 atom stereocenters. The van der Waals surface area contributed by atoms with Crippen LogP contribution in [0.2, 0.25) is 0 Å². The van der Waals surface area contributed by atoms with Crippen LogP contribution in [0.1, 0.15) is 32.6 Å². The molecule has 4 rings (SSSR count). The van der Waals surface area contributed by atoms with Crippen LogP contribution in [0.3, 0.4) is 0 Å². The minimum absolute atomic E-state index is 0.158. The van der Waals surface area contributed by atoms with E-state index in [2.05, 4.69) is 0 Å². The van der Waals surface area contributed by atoms with Crippen molar-refractivity contribution in [3.05, 3.63) is 35.9 Å². The van der Waals surface area contributed by atoms with E-state index in [0.29, 0.717) is 24.7 Å². The zero-order chi connectivity index (χ0) is 17.4. The summed E-state index contributed by atoms with van der Waals surface area (Å²) in [4.78, 5) is 9.43. The van der Waals surface area contributed by atoms with E-state index >= 15 is 0 Å². The van der Waals surface area contributed by atoms with E-state index in [-0.39, 0.29) is 12.6 Å². The maximum atomic E-state index is 5.68. The highest BCUT2D eigenvalue weighted by atomic mass is 16.9. The Morgan fingerprint density at radius 2 is 1.40 bits per heavy atom. The summed E-state index contributed by atoms with van der Waals surface area (Å²) in [5.41, 5.74) is 4.09. The van der Waals surface area contributed by atoms with Gasteiger partial charge in [0.2, 0.25) is 0 Å². The Bertz CT molecular complexity index is 922. The summed E-state index contributed by atoms with van der Waals surface area (Å²) in [6.45, 7) is 6.88. The minimum atomic E-state index is -0.323. The molecule has 1 aromatic heterocycles. The van der Waals surface area contributed by atoms with Crippen LogP contribution in [0.25, 0.3) is 22.1 Å². The number of rotatable bonds is 5. The van der Waals surface area contributed by atoms with E-state index < -0.39 is 0 Å². The van der Waals surface area contributed by atoms with Crippen molar-refractivity contribution in [3.8, 4) is 11.5 Å². The van der Waals surface area contributed by atoms with E-state index in [1.165, 1.54) is 0 Å². The molecule has 2 aromatic carbocycles. The van der Waals surface area contributed by atoms with Crippen molar-refractivity contribution in [1.29, 1.82) is 0 Å². The number of fused-ring (bicyclic) bond motifs is 2. The fourth-order valence-electron chi connectivity index (χ4n) is 2.90. The molecule has 0 saturated carbocycles. The highest BCUT2D eigenvalue weighted by molar-refractivity contribution is 5.88. The van der Waals surface area contributed by atoms with Gasteiger partial charge >= 0.3 is 0 Å². The predicted octanol–water partition coefficient (Wildman–Crippen LogP) is 3.97. The van der Waals surface area contributed by atoms with E-state index in [4.69, 9.17) is 28.9 Å². The first-order valence-electron chi connectivity index (χ1n) is 8.50. The van der Waals surface area contributed by atoms with Crippen molar-refractivity contribution in [2.24, 2.45) is 0 Å². The Morgan fingerprint density at radius 3 is 1.96 bits per heavy atom. The molecular formula is C19H20N2O4. The standard InChI is InChI=1S/C19H20N2O4/c1-4-22-17-9-15-16(10-18(17)23-5-2)21-14-8-12(6-7-13(14)20-15)19-24-11(3)25-19/h6-11,19H,4-5H2,1-3H3. The van der Waals surface area contributed by atoms with Crippen LogP contribution < -0.4 is 9.47 Å². The lowest BCUT2D eigenvalue weighted by Crippen LogP contribution is -2.31. The Morgan fingerprint density at radius 1 is 0.840 bits per heavy atom. The van der Waals surface area contributed by atoms with Gasteiger partial charge in [0.25, 0.3) is 0 Å². The maximum Gasteiger partial charge on any atom is 0.189 e. The smallest absolute Gasteiger partial charge is 0.189 e. The Kier molecular flexibility index (Phi) is 4.15. The third kappa shape index (κ3) is 2.99. The van der Waals surface area contributed by atoms with E-state index in [1.807, 2.05) is 51.1 Å². The van der Waals surface area contributed by atoms with Gasteiger partial charge in [-0.25, -0.2) is 9.97 Å². The fourth-order valence-corrected chi connectivity index (χ4v) is 2.90. The summed E-state index contributed by atoms with van der Waals surface area (Å²) in [5.74, 6) is 1.37. The van der Waals surface area contributed by atoms with Crippen molar-refractivity contribution >= 4 is 22.1 Å². The molecule has 1 fully saturated rings.